The van der Waals surface area contributed by atoms with Gasteiger partial charge in [0.05, 0.1) is 19.1 Å². The van der Waals surface area contributed by atoms with E-state index in [1.807, 2.05) is 13.8 Å². The first-order valence-electron chi connectivity index (χ1n) is 7.35. The van der Waals surface area contributed by atoms with Gasteiger partial charge in [0.15, 0.2) is 6.04 Å². The standard InChI is InChI=1S/C14H24N2O6/c1-7-3-4-8(2)12(7)22-14(21)10(6-17)16-13(20)9(15)5-11(18)19/h7-10,12,17H,3-6,15H2,1-2H3,(H,16,20)(H,18,19)/t7?,8?,9-,10+,12?/m0/s1. The maximum Gasteiger partial charge on any atom is 0.331 e. The number of rotatable bonds is 7. The third-order valence-electron chi connectivity index (χ3n) is 3.97. The van der Waals surface area contributed by atoms with Crippen molar-refractivity contribution in [3.63, 3.8) is 0 Å². The molecule has 5 N–H and O–H groups in total. The van der Waals surface area contributed by atoms with Gasteiger partial charge in [-0.05, 0) is 24.7 Å². The Labute approximate surface area is 129 Å². The zero-order valence-electron chi connectivity index (χ0n) is 12.8. The van der Waals surface area contributed by atoms with E-state index >= 15 is 0 Å². The summed E-state index contributed by atoms with van der Waals surface area (Å²) in [4.78, 5) is 34.3. The van der Waals surface area contributed by atoms with Crippen molar-refractivity contribution in [3.8, 4) is 0 Å². The van der Waals surface area contributed by atoms with E-state index in [4.69, 9.17) is 15.6 Å². The van der Waals surface area contributed by atoms with Gasteiger partial charge >= 0.3 is 11.9 Å². The van der Waals surface area contributed by atoms with Gasteiger partial charge in [0.25, 0.3) is 0 Å². The van der Waals surface area contributed by atoms with Crippen molar-refractivity contribution < 1.29 is 29.3 Å². The van der Waals surface area contributed by atoms with Crippen LogP contribution in [0.5, 0.6) is 0 Å². The molecule has 1 aliphatic rings. The Balaban J connectivity index is 2.57. The third kappa shape index (κ3) is 4.96. The number of carbonyl (C=O) groups excluding carboxylic acids is 2. The van der Waals surface area contributed by atoms with Gasteiger partial charge in [-0.3, -0.25) is 9.59 Å². The number of aliphatic hydroxyl groups is 1. The Bertz CT molecular complexity index is 418. The van der Waals surface area contributed by atoms with Gasteiger partial charge in [0.1, 0.15) is 6.10 Å². The van der Waals surface area contributed by atoms with Crippen LogP contribution in [0.3, 0.4) is 0 Å². The summed E-state index contributed by atoms with van der Waals surface area (Å²) >= 11 is 0. The van der Waals surface area contributed by atoms with Gasteiger partial charge in [-0.2, -0.15) is 0 Å². The monoisotopic (exact) mass is 316 g/mol. The third-order valence-corrected chi connectivity index (χ3v) is 3.97. The lowest BCUT2D eigenvalue weighted by Gasteiger charge is -2.24. The van der Waals surface area contributed by atoms with Crippen LogP contribution in [0.1, 0.15) is 33.1 Å². The Morgan fingerprint density at radius 2 is 1.82 bits per heavy atom. The molecule has 4 atom stereocenters. The van der Waals surface area contributed by atoms with E-state index in [1.165, 1.54) is 0 Å². The van der Waals surface area contributed by atoms with Crippen LogP contribution < -0.4 is 11.1 Å². The van der Waals surface area contributed by atoms with Crippen LogP contribution in [0.4, 0.5) is 0 Å². The van der Waals surface area contributed by atoms with E-state index in [2.05, 4.69) is 5.32 Å². The first kappa shape index (κ1) is 18.4. The highest BCUT2D eigenvalue weighted by Crippen LogP contribution is 2.33. The highest BCUT2D eigenvalue weighted by molar-refractivity contribution is 5.89. The van der Waals surface area contributed by atoms with Gasteiger partial charge in [0.2, 0.25) is 5.91 Å². The molecular weight excluding hydrogens is 292 g/mol. The lowest BCUT2D eigenvalue weighted by Crippen LogP contribution is -2.51. The van der Waals surface area contributed by atoms with E-state index in [0.717, 1.165) is 12.8 Å². The van der Waals surface area contributed by atoms with Crippen LogP contribution in [0, 0.1) is 11.8 Å². The molecule has 0 radical (unpaired) electrons. The predicted octanol–water partition coefficient (Wildman–Crippen LogP) is -0.757. The summed E-state index contributed by atoms with van der Waals surface area (Å²) in [7, 11) is 0. The predicted molar refractivity (Wildman–Crippen MR) is 76.7 cm³/mol. The Morgan fingerprint density at radius 3 is 2.27 bits per heavy atom. The number of nitrogens with one attached hydrogen (secondary N) is 1. The van der Waals surface area contributed by atoms with E-state index in [9.17, 15) is 19.5 Å². The minimum absolute atomic E-state index is 0.225. The van der Waals surface area contributed by atoms with Gasteiger partial charge in [0, 0.05) is 0 Å². The number of carboxylic acid groups (broad SMARTS) is 1. The first-order chi connectivity index (χ1) is 10.3. The molecule has 0 heterocycles. The molecule has 126 valence electrons. The number of hydrogen-bond donors (Lipinski definition) is 4. The number of aliphatic carboxylic acids is 1. The SMILES string of the molecule is CC1CCC(C)C1OC(=O)[C@@H](CO)NC(=O)[C@@H](N)CC(=O)O. The number of amides is 1. The summed E-state index contributed by atoms with van der Waals surface area (Å²) in [5.41, 5.74) is 5.40. The van der Waals surface area contributed by atoms with E-state index < -0.39 is 43.0 Å². The zero-order valence-corrected chi connectivity index (χ0v) is 12.8. The average Bonchev–Trinajstić information content (AvgIpc) is 2.75. The quantitative estimate of drug-likeness (QED) is 0.453. The van der Waals surface area contributed by atoms with Crippen molar-refractivity contribution in [2.45, 2.75) is 51.3 Å². The first-order valence-corrected chi connectivity index (χ1v) is 7.35. The number of ether oxygens (including phenoxy) is 1. The summed E-state index contributed by atoms with van der Waals surface area (Å²) in [6, 6.07) is -2.53. The maximum absolute atomic E-state index is 12.0. The van der Waals surface area contributed by atoms with Crippen molar-refractivity contribution >= 4 is 17.8 Å². The molecule has 1 rings (SSSR count). The van der Waals surface area contributed by atoms with Crippen LogP contribution in [0.2, 0.25) is 0 Å². The summed E-state index contributed by atoms with van der Waals surface area (Å²) in [6.45, 7) is 3.33. The van der Waals surface area contributed by atoms with Crippen molar-refractivity contribution in [1.82, 2.24) is 5.32 Å². The molecule has 0 aromatic rings. The van der Waals surface area contributed by atoms with E-state index in [1.54, 1.807) is 0 Å². The molecule has 0 aromatic heterocycles. The lowest BCUT2D eigenvalue weighted by atomic mass is 10.0. The fourth-order valence-electron chi connectivity index (χ4n) is 2.60. The van der Waals surface area contributed by atoms with E-state index in [-0.39, 0.29) is 17.9 Å². The molecule has 0 bridgehead atoms. The molecule has 2 unspecified atom stereocenters. The number of carbonyl (C=O) groups is 3. The second kappa shape index (κ2) is 8.09. The molecule has 0 aromatic carbocycles. The van der Waals surface area contributed by atoms with E-state index in [0.29, 0.717) is 0 Å². The molecule has 8 nitrogen and oxygen atoms in total. The second-order valence-corrected chi connectivity index (χ2v) is 5.88. The summed E-state index contributed by atoms with van der Waals surface area (Å²) < 4.78 is 5.38. The Morgan fingerprint density at radius 1 is 1.27 bits per heavy atom. The normalized spacial score (nSPS) is 27.0. The molecule has 1 aliphatic carbocycles. The molecule has 1 amide bonds. The van der Waals surface area contributed by atoms with Crippen molar-refractivity contribution in [3.05, 3.63) is 0 Å². The molecule has 0 aliphatic heterocycles. The average molecular weight is 316 g/mol. The second-order valence-electron chi connectivity index (χ2n) is 5.88. The van der Waals surface area contributed by atoms with Crippen LogP contribution in [0.15, 0.2) is 0 Å². The minimum atomic E-state index is -1.29. The van der Waals surface area contributed by atoms with Crippen LogP contribution in [-0.2, 0) is 19.1 Å². The fourth-order valence-corrected chi connectivity index (χ4v) is 2.60. The molecule has 0 spiro atoms. The van der Waals surface area contributed by atoms with Crippen molar-refractivity contribution in [1.29, 1.82) is 0 Å². The highest BCUT2D eigenvalue weighted by Gasteiger charge is 2.35. The fraction of sp³-hybridized carbons (Fsp3) is 0.786. The molecule has 22 heavy (non-hydrogen) atoms. The molecular formula is C14H24N2O6. The number of aliphatic hydroxyl groups excluding tert-OH is 1. The minimum Gasteiger partial charge on any atom is -0.481 e. The molecule has 0 saturated heterocycles. The molecule has 8 heteroatoms. The van der Waals surface area contributed by atoms with Crippen LogP contribution in [0.25, 0.3) is 0 Å². The number of carboxylic acids is 1. The van der Waals surface area contributed by atoms with Crippen molar-refractivity contribution in [2.24, 2.45) is 17.6 Å². The van der Waals surface area contributed by atoms with Gasteiger partial charge in [-0.25, -0.2) is 4.79 Å². The topological polar surface area (TPSA) is 139 Å². The summed E-state index contributed by atoms with van der Waals surface area (Å²) in [5, 5.41) is 20.0. The highest BCUT2D eigenvalue weighted by atomic mass is 16.5. The number of esters is 1. The molecule has 1 fully saturated rings. The largest absolute Gasteiger partial charge is 0.481 e. The van der Waals surface area contributed by atoms with Gasteiger partial charge < -0.3 is 26.0 Å². The number of hydrogen-bond acceptors (Lipinski definition) is 6. The van der Waals surface area contributed by atoms with Crippen LogP contribution >= 0.6 is 0 Å². The van der Waals surface area contributed by atoms with Gasteiger partial charge in [-0.15, -0.1) is 0 Å². The Kier molecular flexibility index (Phi) is 6.76. The smallest absolute Gasteiger partial charge is 0.331 e. The number of nitrogens with two attached hydrogens (primary N) is 1. The lowest BCUT2D eigenvalue weighted by molar-refractivity contribution is -0.157. The van der Waals surface area contributed by atoms with Gasteiger partial charge in [-0.1, -0.05) is 13.8 Å². The summed E-state index contributed by atoms with van der Waals surface area (Å²) in [5.74, 6) is -2.32. The Hall–Kier alpha value is -1.67. The molecule has 1 saturated carbocycles. The van der Waals surface area contributed by atoms with Crippen molar-refractivity contribution in [2.75, 3.05) is 6.61 Å². The van der Waals surface area contributed by atoms with Crippen LogP contribution in [-0.4, -0.2) is 52.9 Å². The summed E-state index contributed by atoms with van der Waals surface area (Å²) in [6.07, 6.45) is 1.11. The maximum atomic E-state index is 12.0. The zero-order chi connectivity index (χ0) is 16.9.